The van der Waals surface area contributed by atoms with Crippen LogP contribution >= 0.6 is 0 Å². The maximum atomic E-state index is 0. The summed E-state index contributed by atoms with van der Waals surface area (Å²) < 4.78 is 0. The summed E-state index contributed by atoms with van der Waals surface area (Å²) in [5.74, 6) is 0. The van der Waals surface area contributed by atoms with Crippen LogP contribution in [0.25, 0.3) is 0 Å². The third kappa shape index (κ3) is 23.2. The van der Waals surface area contributed by atoms with Gasteiger partial charge in [0.2, 0.25) is 0 Å². The second kappa shape index (κ2) is 32.8. The Morgan fingerprint density at radius 3 is 1.00 bits per heavy atom. The molecule has 6 heteroatoms. The molecule has 0 bridgehead atoms. The van der Waals surface area contributed by atoms with Gasteiger partial charge in [-0.1, -0.05) is 0 Å². The van der Waals surface area contributed by atoms with Crippen LogP contribution < -0.4 is 0 Å². The molecule has 6 heavy (non-hydrogen) atoms. The summed E-state index contributed by atoms with van der Waals surface area (Å²) >= 11 is 0. The van der Waals surface area contributed by atoms with E-state index < -0.39 is 0 Å². The van der Waals surface area contributed by atoms with Gasteiger partial charge in [-0.25, -0.2) is 0 Å². The Balaban J connectivity index is 0. The molecule has 0 amide bonds. The Bertz CT molecular complexity index is 15.5. The summed E-state index contributed by atoms with van der Waals surface area (Å²) in [6, 6.07) is 0. The van der Waals surface area contributed by atoms with Gasteiger partial charge in [0, 0.05) is 34.1 Å². The van der Waals surface area contributed by atoms with Gasteiger partial charge in [-0.05, 0) is 11.0 Å². The van der Waals surface area contributed by atoms with Crippen molar-refractivity contribution in [3.05, 3.63) is 0 Å². The van der Waals surface area contributed by atoms with Crippen molar-refractivity contribution in [2.45, 2.75) is 0 Å². The monoisotopic (exact) mass is 351 g/mol. The van der Waals surface area contributed by atoms with E-state index >= 15 is 0 Å². The van der Waals surface area contributed by atoms with E-state index in [1.165, 1.54) is 0 Å². The molecule has 0 aliphatic carbocycles. The summed E-state index contributed by atoms with van der Waals surface area (Å²) in [5, 5.41) is 0. The SMILES string of the molecule is [BaH2].[CaH2].[Fe].[MgH2].[Mn].[SiH4]. The van der Waals surface area contributed by atoms with E-state index in [2.05, 4.69) is 0 Å². The fraction of sp³-hybridized carbons (Fsp3) is 0. The number of hydrogen-bond acceptors (Lipinski definition) is 0. The Hall–Kier alpha value is 4.85. The standard InChI is InChI=1S/Ba.Ca.Fe.Mg.Mn.H4Si.6H/h;;;;;1H4;;;;;;. The van der Waals surface area contributed by atoms with E-state index in [0.717, 1.165) is 0 Å². The molecule has 0 atom stereocenters. The molecule has 0 saturated carbocycles. The van der Waals surface area contributed by atoms with Gasteiger partial charge in [-0.3, -0.25) is 0 Å². The molecule has 0 aromatic carbocycles. The van der Waals surface area contributed by atoms with Crippen LogP contribution in [0.4, 0.5) is 0 Å². The van der Waals surface area contributed by atoms with E-state index in [1.807, 2.05) is 0 Å². The van der Waals surface area contributed by atoms with E-state index in [-0.39, 0.29) is 155 Å². The fourth-order valence-electron chi connectivity index (χ4n) is 0. The van der Waals surface area contributed by atoms with Crippen LogP contribution in [0.2, 0.25) is 0 Å². The van der Waals surface area contributed by atoms with E-state index in [4.69, 9.17) is 0 Å². The molecule has 35 valence electrons. The van der Waals surface area contributed by atoms with Crippen molar-refractivity contribution in [1.29, 1.82) is 0 Å². The van der Waals surface area contributed by atoms with Crippen LogP contribution in [-0.4, -0.2) is 121 Å². The number of hydrogen-bond donors (Lipinski definition) is 0. The molecule has 0 aliphatic rings. The molecule has 0 heterocycles. The Kier molecular flexibility index (Phi) is 244. The largest absolute Gasteiger partial charge is 0.316 e. The minimum absolute atomic E-state index is 0. The molecular weight excluding hydrogens is 341 g/mol. The van der Waals surface area contributed by atoms with Crippen molar-refractivity contribution in [3.8, 4) is 0 Å². The zero-order valence-electron chi connectivity index (χ0n) is 0.732. The topological polar surface area (TPSA) is 0 Å². The second-order valence-corrected chi connectivity index (χ2v) is 0. The van der Waals surface area contributed by atoms with E-state index in [9.17, 15) is 0 Å². The van der Waals surface area contributed by atoms with Crippen LogP contribution in [0.5, 0.6) is 0 Å². The van der Waals surface area contributed by atoms with Crippen molar-refractivity contribution >= 4 is 121 Å². The molecule has 0 fully saturated rings. The van der Waals surface area contributed by atoms with Crippen LogP contribution in [-0.2, 0) is 34.1 Å². The van der Waals surface area contributed by atoms with Gasteiger partial charge in [-0.15, -0.1) is 0 Å². The molecule has 0 saturated heterocycles. The predicted molar refractivity (Wildman–Crippen MR) is 37.0 cm³/mol. The molecular formula is H10BaCaFeMgMnSi. The van der Waals surface area contributed by atoms with E-state index in [1.54, 1.807) is 0 Å². The summed E-state index contributed by atoms with van der Waals surface area (Å²) in [6.45, 7) is 0. The molecule has 0 N–H and O–H groups in total. The molecule has 0 aromatic rings. The smallest absolute Gasteiger partial charge is 0.0149 e. The summed E-state index contributed by atoms with van der Waals surface area (Å²) in [4.78, 5) is 0. The molecule has 0 unspecified atom stereocenters. The third-order valence-corrected chi connectivity index (χ3v) is 0. The van der Waals surface area contributed by atoms with Crippen LogP contribution in [0, 0.1) is 0 Å². The molecule has 0 aromatic heterocycles. The quantitative estimate of drug-likeness (QED) is 0.389. The third-order valence-electron chi connectivity index (χ3n) is 0. The molecule has 0 nitrogen and oxygen atoms in total. The zero-order chi connectivity index (χ0) is 0. The first-order chi connectivity index (χ1) is 0. The average molecular weight is 351 g/mol. The van der Waals surface area contributed by atoms with Crippen molar-refractivity contribution in [2.24, 2.45) is 0 Å². The molecule has 0 aliphatic heterocycles. The van der Waals surface area contributed by atoms with Gasteiger partial charge in [0.05, 0.1) is 0 Å². The van der Waals surface area contributed by atoms with Crippen molar-refractivity contribution < 1.29 is 34.1 Å². The number of rotatable bonds is 0. The van der Waals surface area contributed by atoms with Crippen LogP contribution in [0.15, 0.2) is 0 Å². The predicted octanol–water partition coefficient (Wildman–Crippen LogP) is -4.21. The molecule has 1 radical (unpaired) electrons. The Morgan fingerprint density at radius 2 is 1.00 bits per heavy atom. The molecule has 0 rings (SSSR count). The van der Waals surface area contributed by atoms with E-state index in [0.29, 0.717) is 0 Å². The zero-order valence-corrected chi connectivity index (χ0v) is 3.02. The van der Waals surface area contributed by atoms with Crippen LogP contribution in [0.1, 0.15) is 0 Å². The molecule has 0 spiro atoms. The summed E-state index contributed by atoms with van der Waals surface area (Å²) in [5.41, 5.74) is 0. The summed E-state index contributed by atoms with van der Waals surface area (Å²) in [6.07, 6.45) is 0. The van der Waals surface area contributed by atoms with Crippen molar-refractivity contribution in [2.75, 3.05) is 0 Å². The maximum absolute atomic E-state index is 0. The maximum Gasteiger partial charge on any atom is 0.316 e. The second-order valence-electron chi connectivity index (χ2n) is 0. The van der Waals surface area contributed by atoms with Crippen LogP contribution in [0.3, 0.4) is 0 Å². The first-order valence-electron chi connectivity index (χ1n) is 0. The van der Waals surface area contributed by atoms with Crippen molar-refractivity contribution in [1.82, 2.24) is 0 Å². The average Bonchev–Trinajstić information content (AvgIpc) is 0. The summed E-state index contributed by atoms with van der Waals surface area (Å²) in [7, 11) is 0. The minimum Gasteiger partial charge on any atom is -0.0149 e. The van der Waals surface area contributed by atoms with Gasteiger partial charge in [-0.2, -0.15) is 0 Å². The van der Waals surface area contributed by atoms with Gasteiger partial charge in [0.15, 0.2) is 0 Å². The first-order valence-corrected chi connectivity index (χ1v) is 0. The Morgan fingerprint density at radius 1 is 1.00 bits per heavy atom. The van der Waals surface area contributed by atoms with Gasteiger partial charge in [0.25, 0.3) is 0 Å². The van der Waals surface area contributed by atoms with Gasteiger partial charge in [0.1, 0.15) is 0 Å². The van der Waals surface area contributed by atoms with Crippen molar-refractivity contribution in [3.63, 3.8) is 0 Å². The Labute approximate surface area is 150 Å². The normalized spacial score (nSPS) is 0. The fourth-order valence-corrected chi connectivity index (χ4v) is 0. The first kappa shape index (κ1) is 44.7. The van der Waals surface area contributed by atoms with Gasteiger partial charge < -0.3 is 0 Å². The minimum atomic E-state index is 0. The van der Waals surface area contributed by atoms with Gasteiger partial charge >= 0.3 is 110 Å².